The molecule has 0 aromatic heterocycles. The summed E-state index contributed by atoms with van der Waals surface area (Å²) in [4.78, 5) is 34.0. The first-order chi connectivity index (χ1) is 10.7. The third-order valence-electron chi connectivity index (χ3n) is 3.15. The number of amides is 1. The maximum Gasteiger partial charge on any atom is 0.338 e. The Kier molecular flexibility index (Phi) is 6.90. The maximum atomic E-state index is 11.9. The lowest BCUT2D eigenvalue weighted by molar-refractivity contribution is -0.129. The molecule has 1 rings (SSSR count). The van der Waals surface area contributed by atoms with Gasteiger partial charge in [-0.05, 0) is 51.3 Å². The number of aldehydes is 1. The van der Waals surface area contributed by atoms with Crippen LogP contribution >= 0.6 is 0 Å². The molecule has 0 radical (unpaired) electrons. The zero-order valence-electron chi connectivity index (χ0n) is 13.7. The minimum Gasteiger partial charge on any atom is -0.456 e. The van der Waals surface area contributed by atoms with Crippen molar-refractivity contribution < 1.29 is 24.3 Å². The molecule has 1 aromatic carbocycles. The van der Waals surface area contributed by atoms with Crippen LogP contribution in [0.3, 0.4) is 0 Å². The van der Waals surface area contributed by atoms with Gasteiger partial charge in [0.1, 0.15) is 11.9 Å². The molecule has 0 aliphatic carbocycles. The molecule has 1 amide bonds. The van der Waals surface area contributed by atoms with Crippen LogP contribution in [0.2, 0.25) is 0 Å². The molecule has 126 valence electrons. The van der Waals surface area contributed by atoms with Gasteiger partial charge in [0.05, 0.1) is 5.56 Å². The van der Waals surface area contributed by atoms with E-state index in [1.165, 1.54) is 0 Å². The average molecular weight is 321 g/mol. The third kappa shape index (κ3) is 7.06. The quantitative estimate of drug-likeness (QED) is 0.348. The van der Waals surface area contributed by atoms with Crippen molar-refractivity contribution in [3.8, 4) is 0 Å². The van der Waals surface area contributed by atoms with E-state index in [0.717, 1.165) is 11.8 Å². The highest BCUT2D eigenvalue weighted by atomic mass is 16.6. The van der Waals surface area contributed by atoms with Crippen molar-refractivity contribution in [1.29, 1.82) is 0 Å². The van der Waals surface area contributed by atoms with E-state index in [2.05, 4.69) is 0 Å². The second-order valence-electron chi connectivity index (χ2n) is 6.37. The third-order valence-corrected chi connectivity index (χ3v) is 3.15. The van der Waals surface area contributed by atoms with E-state index in [9.17, 15) is 14.4 Å². The molecule has 23 heavy (non-hydrogen) atoms. The van der Waals surface area contributed by atoms with Gasteiger partial charge in [-0.25, -0.2) is 10.3 Å². The zero-order valence-corrected chi connectivity index (χ0v) is 13.7. The Morgan fingerprint density at radius 1 is 1.26 bits per heavy atom. The summed E-state index contributed by atoms with van der Waals surface area (Å²) in [5.41, 5.74) is 2.33. The Labute approximate surface area is 135 Å². The molecule has 0 aliphatic rings. The molecular weight excluding hydrogens is 298 g/mol. The molecule has 0 spiro atoms. The van der Waals surface area contributed by atoms with E-state index in [1.54, 1.807) is 50.5 Å². The van der Waals surface area contributed by atoms with E-state index in [1.807, 2.05) is 0 Å². The molecule has 1 aromatic rings. The predicted molar refractivity (Wildman–Crippen MR) is 84.0 cm³/mol. The highest BCUT2D eigenvalue weighted by molar-refractivity contribution is 5.89. The molecule has 2 N–H and O–H groups in total. The van der Waals surface area contributed by atoms with Gasteiger partial charge in [0, 0.05) is 12.3 Å². The van der Waals surface area contributed by atoms with Crippen LogP contribution in [0.5, 0.6) is 0 Å². The highest BCUT2D eigenvalue weighted by Crippen LogP contribution is 2.16. The van der Waals surface area contributed by atoms with E-state index in [0.29, 0.717) is 18.4 Å². The number of benzene rings is 1. The van der Waals surface area contributed by atoms with Crippen molar-refractivity contribution >= 4 is 18.2 Å². The molecule has 0 bridgehead atoms. The first-order valence-electron chi connectivity index (χ1n) is 7.45. The Morgan fingerprint density at radius 2 is 1.87 bits per heavy atom. The monoisotopic (exact) mass is 321 g/mol. The van der Waals surface area contributed by atoms with Gasteiger partial charge in [-0.15, -0.1) is 0 Å². The van der Waals surface area contributed by atoms with Crippen LogP contribution in [0.25, 0.3) is 0 Å². The van der Waals surface area contributed by atoms with Crippen LogP contribution in [0, 0.1) is 5.92 Å². The number of hydrogen-bond donors (Lipinski definition) is 2. The lowest BCUT2D eigenvalue weighted by Gasteiger charge is -2.19. The fourth-order valence-electron chi connectivity index (χ4n) is 2.01. The van der Waals surface area contributed by atoms with Crippen molar-refractivity contribution in [3.05, 3.63) is 35.4 Å². The summed E-state index contributed by atoms with van der Waals surface area (Å²) in [5.74, 6) is -1.23. The van der Waals surface area contributed by atoms with E-state index < -0.39 is 17.5 Å². The van der Waals surface area contributed by atoms with Gasteiger partial charge in [0.25, 0.3) is 0 Å². The number of ether oxygens (including phenoxy) is 1. The lowest BCUT2D eigenvalue weighted by Crippen LogP contribution is -2.23. The zero-order chi connectivity index (χ0) is 17.5. The first-order valence-corrected chi connectivity index (χ1v) is 7.45. The summed E-state index contributed by atoms with van der Waals surface area (Å²) in [7, 11) is 0. The summed E-state index contributed by atoms with van der Waals surface area (Å²) in [6.45, 7) is 5.41. The summed E-state index contributed by atoms with van der Waals surface area (Å²) in [5, 5.41) is 8.44. The topological polar surface area (TPSA) is 92.7 Å². The van der Waals surface area contributed by atoms with Crippen molar-refractivity contribution in [2.75, 3.05) is 0 Å². The van der Waals surface area contributed by atoms with Crippen molar-refractivity contribution in [2.24, 2.45) is 5.92 Å². The summed E-state index contributed by atoms with van der Waals surface area (Å²) >= 11 is 0. The number of nitrogens with one attached hydrogen (secondary N) is 1. The van der Waals surface area contributed by atoms with Gasteiger partial charge in [-0.2, -0.15) is 0 Å². The van der Waals surface area contributed by atoms with Crippen LogP contribution in [0.4, 0.5) is 0 Å². The molecule has 6 nitrogen and oxygen atoms in total. The fourth-order valence-corrected chi connectivity index (χ4v) is 2.01. The Bertz CT molecular complexity index is 545. The van der Waals surface area contributed by atoms with Crippen LogP contribution < -0.4 is 5.48 Å². The number of hydrogen-bond acceptors (Lipinski definition) is 5. The van der Waals surface area contributed by atoms with Gasteiger partial charge >= 0.3 is 5.97 Å². The van der Waals surface area contributed by atoms with Gasteiger partial charge < -0.3 is 9.53 Å². The van der Waals surface area contributed by atoms with Gasteiger partial charge in [0.2, 0.25) is 5.91 Å². The highest BCUT2D eigenvalue weighted by Gasteiger charge is 2.18. The predicted octanol–water partition coefficient (Wildman–Crippen LogP) is 2.29. The van der Waals surface area contributed by atoms with E-state index >= 15 is 0 Å². The van der Waals surface area contributed by atoms with Crippen LogP contribution in [-0.4, -0.2) is 29.0 Å². The lowest BCUT2D eigenvalue weighted by atomic mass is 9.95. The van der Waals surface area contributed by atoms with E-state index in [4.69, 9.17) is 9.94 Å². The number of hydroxylamine groups is 1. The average Bonchev–Trinajstić information content (AvgIpc) is 2.49. The van der Waals surface area contributed by atoms with Gasteiger partial charge in [-0.1, -0.05) is 12.1 Å². The summed E-state index contributed by atoms with van der Waals surface area (Å²) < 4.78 is 5.28. The summed E-state index contributed by atoms with van der Waals surface area (Å²) in [6.07, 6.45) is 1.70. The molecule has 1 unspecified atom stereocenters. The van der Waals surface area contributed by atoms with Crippen molar-refractivity contribution in [2.45, 2.75) is 45.6 Å². The molecule has 0 heterocycles. The van der Waals surface area contributed by atoms with Gasteiger partial charge in [-0.3, -0.25) is 10.0 Å². The SMILES string of the molecule is CC(C)(C)OC(=O)c1ccc(CC(C=O)CCC(=O)NO)cc1. The number of carbonyl (C=O) groups excluding carboxylic acids is 3. The number of rotatable bonds is 7. The largest absolute Gasteiger partial charge is 0.456 e. The molecule has 0 saturated heterocycles. The van der Waals surface area contributed by atoms with Crippen molar-refractivity contribution in [3.63, 3.8) is 0 Å². The minimum atomic E-state index is -0.550. The Morgan fingerprint density at radius 3 is 2.35 bits per heavy atom. The smallest absolute Gasteiger partial charge is 0.338 e. The number of carbonyl (C=O) groups is 3. The molecule has 0 fully saturated rings. The second kappa shape index (κ2) is 8.43. The molecular formula is C17H23NO5. The van der Waals surface area contributed by atoms with Crippen LogP contribution in [-0.2, 0) is 20.7 Å². The summed E-state index contributed by atoms with van der Waals surface area (Å²) in [6, 6.07) is 6.85. The van der Waals surface area contributed by atoms with Gasteiger partial charge in [0.15, 0.2) is 0 Å². The second-order valence-corrected chi connectivity index (χ2v) is 6.37. The fraction of sp³-hybridized carbons (Fsp3) is 0.471. The molecule has 6 heteroatoms. The standard InChI is InChI=1S/C17H23NO5/c1-17(2,3)23-16(21)14-7-4-12(5-8-14)10-13(11-19)6-9-15(20)18-22/h4-5,7-8,11,13,22H,6,9-10H2,1-3H3,(H,18,20). The molecule has 1 atom stereocenters. The van der Waals surface area contributed by atoms with E-state index in [-0.39, 0.29) is 12.3 Å². The van der Waals surface area contributed by atoms with Crippen LogP contribution in [0.1, 0.15) is 49.5 Å². The van der Waals surface area contributed by atoms with Crippen molar-refractivity contribution in [1.82, 2.24) is 5.48 Å². The molecule has 0 aliphatic heterocycles. The first kappa shape index (κ1) is 18.8. The van der Waals surface area contributed by atoms with Crippen LogP contribution in [0.15, 0.2) is 24.3 Å². The maximum absolute atomic E-state index is 11.9. The Balaban J connectivity index is 2.63. The number of esters is 1. The normalized spacial score (nSPS) is 12.3. The Hall–Kier alpha value is -2.21. The minimum absolute atomic E-state index is 0.0793. The molecule has 0 saturated carbocycles.